The van der Waals surface area contributed by atoms with Crippen molar-refractivity contribution in [3.63, 3.8) is 0 Å². The molecule has 0 aliphatic rings. The molecule has 0 bridgehead atoms. The summed E-state index contributed by atoms with van der Waals surface area (Å²) >= 11 is 5.89. The molecule has 0 spiro atoms. The van der Waals surface area contributed by atoms with E-state index in [1.54, 1.807) is 13.0 Å². The predicted molar refractivity (Wildman–Crippen MR) is 86.8 cm³/mol. The standard InChI is InChI=1S/C17H12ClF6NO2/c1-9-2-3-12(7-14(9)18)25-15(26)8-27-13-5-10(16(19,20)21)4-11(6-13)17(22,23)24/h2-7H,8H2,1H3,(H,25,26). The first-order valence-electron chi connectivity index (χ1n) is 7.34. The fourth-order valence-electron chi connectivity index (χ4n) is 2.03. The lowest BCUT2D eigenvalue weighted by Crippen LogP contribution is -2.20. The van der Waals surface area contributed by atoms with Gasteiger partial charge in [-0.1, -0.05) is 17.7 Å². The first kappa shape index (κ1) is 20.9. The molecule has 2 aromatic carbocycles. The van der Waals surface area contributed by atoms with Gasteiger partial charge in [-0.05, 0) is 42.8 Å². The number of ether oxygens (including phenoxy) is 1. The minimum absolute atomic E-state index is 0.0266. The van der Waals surface area contributed by atoms with Crippen LogP contribution >= 0.6 is 11.6 Å². The molecule has 0 atom stereocenters. The molecule has 10 heteroatoms. The molecule has 0 unspecified atom stereocenters. The Labute approximate surface area is 154 Å². The SMILES string of the molecule is Cc1ccc(NC(=O)COc2cc(C(F)(F)F)cc(C(F)(F)F)c2)cc1Cl. The predicted octanol–water partition coefficient (Wildman–Crippen LogP) is 5.70. The highest BCUT2D eigenvalue weighted by atomic mass is 35.5. The van der Waals surface area contributed by atoms with Gasteiger partial charge >= 0.3 is 12.4 Å². The van der Waals surface area contributed by atoms with Crippen LogP contribution in [0.1, 0.15) is 16.7 Å². The molecule has 0 saturated carbocycles. The lowest BCUT2D eigenvalue weighted by molar-refractivity contribution is -0.143. The van der Waals surface area contributed by atoms with Crippen LogP contribution in [0.2, 0.25) is 5.02 Å². The van der Waals surface area contributed by atoms with Crippen LogP contribution in [-0.4, -0.2) is 12.5 Å². The maximum absolute atomic E-state index is 12.8. The molecule has 0 aliphatic heterocycles. The van der Waals surface area contributed by atoms with E-state index < -0.39 is 41.7 Å². The lowest BCUT2D eigenvalue weighted by atomic mass is 10.1. The van der Waals surface area contributed by atoms with Crippen LogP contribution in [0.15, 0.2) is 36.4 Å². The minimum Gasteiger partial charge on any atom is -0.484 e. The number of nitrogens with one attached hydrogen (secondary N) is 1. The second-order valence-electron chi connectivity index (χ2n) is 5.54. The Bertz CT molecular complexity index is 816. The number of carbonyl (C=O) groups excluding carboxylic acids is 1. The molecule has 3 nitrogen and oxygen atoms in total. The van der Waals surface area contributed by atoms with Gasteiger partial charge in [-0.15, -0.1) is 0 Å². The topological polar surface area (TPSA) is 38.3 Å². The van der Waals surface area contributed by atoms with Crippen molar-refractivity contribution >= 4 is 23.2 Å². The number of hydrogen-bond acceptors (Lipinski definition) is 2. The number of benzene rings is 2. The van der Waals surface area contributed by atoms with E-state index in [-0.39, 0.29) is 6.07 Å². The lowest BCUT2D eigenvalue weighted by Gasteiger charge is -2.15. The fraction of sp³-hybridized carbons (Fsp3) is 0.235. The maximum Gasteiger partial charge on any atom is 0.416 e. The van der Waals surface area contributed by atoms with E-state index in [0.29, 0.717) is 22.8 Å². The summed E-state index contributed by atoms with van der Waals surface area (Å²) in [6.07, 6.45) is -10.00. The second kappa shape index (κ2) is 7.67. The Morgan fingerprint density at radius 1 is 1.00 bits per heavy atom. The molecule has 0 aliphatic carbocycles. The maximum atomic E-state index is 12.8. The third-order valence-electron chi connectivity index (χ3n) is 3.39. The number of alkyl halides is 6. The zero-order chi connectivity index (χ0) is 20.4. The van der Waals surface area contributed by atoms with E-state index in [0.717, 1.165) is 5.56 Å². The van der Waals surface area contributed by atoms with Crippen molar-refractivity contribution in [1.29, 1.82) is 0 Å². The quantitative estimate of drug-likeness (QED) is 0.655. The summed E-state index contributed by atoms with van der Waals surface area (Å²) < 4.78 is 81.5. The van der Waals surface area contributed by atoms with Gasteiger partial charge in [0.25, 0.3) is 5.91 Å². The zero-order valence-corrected chi connectivity index (χ0v) is 14.4. The molecule has 0 heterocycles. The number of rotatable bonds is 4. The molecule has 0 aromatic heterocycles. The number of hydrogen-bond donors (Lipinski definition) is 1. The van der Waals surface area contributed by atoms with Gasteiger partial charge in [0, 0.05) is 10.7 Å². The van der Waals surface area contributed by atoms with Crippen LogP contribution in [0.3, 0.4) is 0 Å². The second-order valence-corrected chi connectivity index (χ2v) is 5.95. The molecule has 1 N–H and O–H groups in total. The summed E-state index contributed by atoms with van der Waals surface area (Å²) in [4.78, 5) is 11.8. The number of amides is 1. The van der Waals surface area contributed by atoms with Gasteiger partial charge in [-0.3, -0.25) is 4.79 Å². The summed E-state index contributed by atoms with van der Waals surface area (Å²) in [7, 11) is 0. The fourth-order valence-corrected chi connectivity index (χ4v) is 2.21. The summed E-state index contributed by atoms with van der Waals surface area (Å²) in [6.45, 7) is 0.951. The average molecular weight is 412 g/mol. The van der Waals surface area contributed by atoms with E-state index in [2.05, 4.69) is 5.32 Å². The first-order chi connectivity index (χ1) is 12.4. The van der Waals surface area contributed by atoms with Gasteiger partial charge in [0.05, 0.1) is 11.1 Å². The van der Waals surface area contributed by atoms with Crippen molar-refractivity contribution in [2.24, 2.45) is 0 Å². The highest BCUT2D eigenvalue weighted by molar-refractivity contribution is 6.31. The zero-order valence-electron chi connectivity index (χ0n) is 13.6. The van der Waals surface area contributed by atoms with Crippen molar-refractivity contribution in [1.82, 2.24) is 0 Å². The largest absolute Gasteiger partial charge is 0.484 e. The van der Waals surface area contributed by atoms with Crippen molar-refractivity contribution in [2.45, 2.75) is 19.3 Å². The van der Waals surface area contributed by atoms with Gasteiger partial charge in [0.15, 0.2) is 6.61 Å². The smallest absolute Gasteiger partial charge is 0.416 e. The highest BCUT2D eigenvalue weighted by Crippen LogP contribution is 2.38. The van der Waals surface area contributed by atoms with Crippen LogP contribution in [0, 0.1) is 6.92 Å². The number of halogens is 7. The van der Waals surface area contributed by atoms with E-state index >= 15 is 0 Å². The monoisotopic (exact) mass is 411 g/mol. The van der Waals surface area contributed by atoms with E-state index in [1.807, 2.05) is 0 Å². The summed E-state index contributed by atoms with van der Waals surface area (Å²) in [5.41, 5.74) is -2.00. The van der Waals surface area contributed by atoms with Crippen molar-refractivity contribution in [2.75, 3.05) is 11.9 Å². The molecule has 0 radical (unpaired) electrons. The summed E-state index contributed by atoms with van der Waals surface area (Å²) in [5.74, 6) is -1.50. The number of aryl methyl sites for hydroxylation is 1. The van der Waals surface area contributed by atoms with Gasteiger partial charge in [-0.25, -0.2) is 0 Å². The Kier molecular flexibility index (Phi) is 5.94. The van der Waals surface area contributed by atoms with E-state index in [1.165, 1.54) is 12.1 Å². The average Bonchev–Trinajstić information content (AvgIpc) is 2.54. The number of anilines is 1. The van der Waals surface area contributed by atoms with E-state index in [9.17, 15) is 31.1 Å². The third kappa shape index (κ3) is 5.78. The third-order valence-corrected chi connectivity index (χ3v) is 3.79. The Balaban J connectivity index is 2.14. The van der Waals surface area contributed by atoms with Crippen LogP contribution < -0.4 is 10.1 Å². The normalized spacial score (nSPS) is 12.0. The van der Waals surface area contributed by atoms with Gasteiger partial charge in [0.1, 0.15) is 5.75 Å². The molecule has 27 heavy (non-hydrogen) atoms. The Morgan fingerprint density at radius 2 is 1.56 bits per heavy atom. The first-order valence-corrected chi connectivity index (χ1v) is 7.72. The molecule has 0 fully saturated rings. The molecule has 2 aromatic rings. The molecular weight excluding hydrogens is 400 g/mol. The van der Waals surface area contributed by atoms with Crippen LogP contribution in [-0.2, 0) is 17.1 Å². The van der Waals surface area contributed by atoms with Gasteiger partial charge in [-0.2, -0.15) is 26.3 Å². The number of carbonyl (C=O) groups is 1. The molecule has 146 valence electrons. The Hall–Kier alpha value is -2.42. The molecule has 1 amide bonds. The molecule has 2 rings (SSSR count). The van der Waals surface area contributed by atoms with Crippen molar-refractivity contribution < 1.29 is 35.9 Å². The van der Waals surface area contributed by atoms with Gasteiger partial charge < -0.3 is 10.1 Å². The Morgan fingerprint density at radius 3 is 2.04 bits per heavy atom. The molecular formula is C17H12ClF6NO2. The van der Waals surface area contributed by atoms with Gasteiger partial charge in [0.2, 0.25) is 0 Å². The summed E-state index contributed by atoms with van der Waals surface area (Å²) in [6, 6.07) is 5.37. The van der Waals surface area contributed by atoms with Crippen LogP contribution in [0.25, 0.3) is 0 Å². The van der Waals surface area contributed by atoms with Crippen molar-refractivity contribution in [3.8, 4) is 5.75 Å². The van der Waals surface area contributed by atoms with Crippen molar-refractivity contribution in [3.05, 3.63) is 58.1 Å². The van der Waals surface area contributed by atoms with Crippen LogP contribution in [0.4, 0.5) is 32.0 Å². The highest BCUT2D eigenvalue weighted by Gasteiger charge is 2.37. The minimum atomic E-state index is -5.00. The molecule has 0 saturated heterocycles. The van der Waals surface area contributed by atoms with E-state index in [4.69, 9.17) is 16.3 Å². The summed E-state index contributed by atoms with van der Waals surface area (Å²) in [5, 5.41) is 2.75. The van der Waals surface area contributed by atoms with Crippen LogP contribution in [0.5, 0.6) is 5.75 Å².